The highest BCUT2D eigenvalue weighted by molar-refractivity contribution is 5.39. The molecule has 1 aliphatic heterocycles. The predicted molar refractivity (Wildman–Crippen MR) is 137 cm³/mol. The Morgan fingerprint density at radius 3 is 1.81 bits per heavy atom. The van der Waals surface area contributed by atoms with Crippen LogP contribution in [0.15, 0.2) is 91.0 Å². The van der Waals surface area contributed by atoms with Gasteiger partial charge in [0.2, 0.25) is 0 Å². The van der Waals surface area contributed by atoms with Crippen LogP contribution in [0.5, 0.6) is 0 Å². The van der Waals surface area contributed by atoms with Gasteiger partial charge in [0.15, 0.2) is 6.29 Å². The Labute approximate surface area is 213 Å². The second kappa shape index (κ2) is 11.2. The van der Waals surface area contributed by atoms with Crippen molar-refractivity contribution in [2.45, 2.75) is 63.7 Å². The third kappa shape index (κ3) is 5.25. The molecule has 0 saturated carbocycles. The molecule has 0 aromatic heterocycles. The average molecular weight is 493 g/mol. The van der Waals surface area contributed by atoms with Gasteiger partial charge < -0.3 is 29.5 Å². The molecule has 0 aliphatic carbocycles. The molecule has 1 saturated heterocycles. The maximum atomic E-state index is 11.1. The molecule has 6 nitrogen and oxygen atoms in total. The summed E-state index contributed by atoms with van der Waals surface area (Å²) in [5.41, 5.74) is 1.35. The molecule has 36 heavy (non-hydrogen) atoms. The first-order valence-electron chi connectivity index (χ1n) is 12.3. The van der Waals surface area contributed by atoms with Gasteiger partial charge in [0.25, 0.3) is 0 Å². The van der Waals surface area contributed by atoms with Crippen molar-refractivity contribution in [3.8, 4) is 0 Å². The number of aliphatic hydroxyl groups excluding tert-OH is 3. The standard InChI is InChI=1S/C30H36O6/c1-29(2,3)30(22-15-9-5-10-16-22,23-17-11-6-12-18-23)36-28-27(25(33)26(35-28)24(32)19-31)34-20-21-13-7-4-8-14-21/h4-18,24-28,31-33H,19-20H2,1-3H3/t24-,25-,26+,27-,28?/m0/s1. The molecule has 6 heteroatoms. The van der Waals surface area contributed by atoms with Crippen molar-refractivity contribution in [2.75, 3.05) is 6.61 Å². The van der Waals surface area contributed by atoms with Crippen LogP contribution in [0.4, 0.5) is 0 Å². The number of hydrogen-bond acceptors (Lipinski definition) is 6. The third-order valence-electron chi connectivity index (χ3n) is 6.79. The molecule has 0 bridgehead atoms. The van der Waals surface area contributed by atoms with Crippen LogP contribution >= 0.6 is 0 Å². The SMILES string of the molecule is CC(C)(C)C(OC1O[C@H]([C@@H](O)CO)[C@H](O)[C@@H]1OCc1ccccc1)(c1ccccc1)c1ccccc1. The quantitative estimate of drug-likeness (QED) is 0.418. The Morgan fingerprint density at radius 1 is 0.833 bits per heavy atom. The van der Waals surface area contributed by atoms with E-state index in [9.17, 15) is 15.3 Å². The van der Waals surface area contributed by atoms with Crippen LogP contribution in [0, 0.1) is 5.41 Å². The second-order valence-electron chi connectivity index (χ2n) is 10.3. The van der Waals surface area contributed by atoms with E-state index < -0.39 is 48.3 Å². The highest BCUT2D eigenvalue weighted by atomic mass is 16.7. The predicted octanol–water partition coefficient (Wildman–Crippen LogP) is 4.02. The Kier molecular flexibility index (Phi) is 8.25. The molecule has 192 valence electrons. The van der Waals surface area contributed by atoms with Gasteiger partial charge in [-0.3, -0.25) is 0 Å². The van der Waals surface area contributed by atoms with E-state index in [1.165, 1.54) is 0 Å². The van der Waals surface area contributed by atoms with Gasteiger partial charge in [0.1, 0.15) is 30.0 Å². The lowest BCUT2D eigenvalue weighted by atomic mass is 9.68. The van der Waals surface area contributed by atoms with Gasteiger partial charge in [-0.05, 0) is 22.1 Å². The number of benzene rings is 3. The van der Waals surface area contributed by atoms with Gasteiger partial charge in [-0.15, -0.1) is 0 Å². The second-order valence-corrected chi connectivity index (χ2v) is 10.3. The Morgan fingerprint density at radius 2 is 1.33 bits per heavy atom. The van der Waals surface area contributed by atoms with E-state index in [1.54, 1.807) is 0 Å². The molecule has 5 atom stereocenters. The fourth-order valence-electron chi connectivity index (χ4n) is 4.99. The number of hydrogen-bond donors (Lipinski definition) is 3. The lowest BCUT2D eigenvalue weighted by molar-refractivity contribution is -0.257. The fraction of sp³-hybridized carbons (Fsp3) is 0.400. The van der Waals surface area contributed by atoms with Crippen LogP contribution in [0.2, 0.25) is 0 Å². The van der Waals surface area contributed by atoms with Crippen molar-refractivity contribution in [2.24, 2.45) is 5.41 Å². The molecule has 3 aromatic carbocycles. The van der Waals surface area contributed by atoms with Crippen LogP contribution in [-0.4, -0.2) is 52.6 Å². The highest BCUT2D eigenvalue weighted by Crippen LogP contribution is 2.50. The summed E-state index contributed by atoms with van der Waals surface area (Å²) in [5, 5.41) is 31.1. The van der Waals surface area contributed by atoms with Crippen LogP contribution in [-0.2, 0) is 26.4 Å². The largest absolute Gasteiger partial charge is 0.394 e. The first-order chi connectivity index (χ1) is 17.3. The Bertz CT molecular complexity index is 1030. The minimum Gasteiger partial charge on any atom is -0.394 e. The topological polar surface area (TPSA) is 88.4 Å². The lowest BCUT2D eigenvalue weighted by Crippen LogP contribution is -2.49. The monoisotopic (exact) mass is 492 g/mol. The van der Waals surface area contributed by atoms with Gasteiger partial charge in [-0.25, -0.2) is 0 Å². The fourth-order valence-corrected chi connectivity index (χ4v) is 4.99. The molecule has 1 fully saturated rings. The van der Waals surface area contributed by atoms with Crippen molar-refractivity contribution < 1.29 is 29.5 Å². The highest BCUT2D eigenvalue weighted by Gasteiger charge is 2.55. The van der Waals surface area contributed by atoms with E-state index >= 15 is 0 Å². The van der Waals surface area contributed by atoms with Crippen molar-refractivity contribution >= 4 is 0 Å². The molecule has 1 unspecified atom stereocenters. The zero-order valence-corrected chi connectivity index (χ0v) is 21.0. The summed E-state index contributed by atoms with van der Waals surface area (Å²) in [6.07, 6.45) is -5.47. The van der Waals surface area contributed by atoms with E-state index in [1.807, 2.05) is 91.0 Å². The summed E-state index contributed by atoms with van der Waals surface area (Å²) in [6.45, 7) is 5.96. The van der Waals surface area contributed by atoms with E-state index in [-0.39, 0.29) is 6.61 Å². The Balaban J connectivity index is 1.76. The maximum Gasteiger partial charge on any atom is 0.188 e. The molecular weight excluding hydrogens is 456 g/mol. The molecule has 0 spiro atoms. The molecule has 1 aliphatic rings. The minimum atomic E-state index is -1.28. The molecule has 3 aromatic rings. The first-order valence-corrected chi connectivity index (χ1v) is 12.3. The zero-order valence-electron chi connectivity index (χ0n) is 21.0. The first kappa shape index (κ1) is 26.5. The van der Waals surface area contributed by atoms with Gasteiger partial charge in [0, 0.05) is 0 Å². The summed E-state index contributed by atoms with van der Waals surface area (Å²) < 4.78 is 19.2. The summed E-state index contributed by atoms with van der Waals surface area (Å²) in [4.78, 5) is 0. The minimum absolute atomic E-state index is 0.229. The van der Waals surface area contributed by atoms with Crippen LogP contribution in [0.3, 0.4) is 0 Å². The molecule has 1 heterocycles. The summed E-state index contributed by atoms with van der Waals surface area (Å²) in [6, 6.07) is 29.5. The summed E-state index contributed by atoms with van der Waals surface area (Å²) in [5.74, 6) is 0. The van der Waals surface area contributed by atoms with Crippen molar-refractivity contribution in [3.63, 3.8) is 0 Å². The normalized spacial score (nSPS) is 23.5. The molecule has 4 rings (SSSR count). The van der Waals surface area contributed by atoms with Crippen molar-refractivity contribution in [1.29, 1.82) is 0 Å². The number of ether oxygens (including phenoxy) is 3. The zero-order chi connectivity index (χ0) is 25.8. The van der Waals surface area contributed by atoms with Crippen LogP contribution < -0.4 is 0 Å². The van der Waals surface area contributed by atoms with Gasteiger partial charge in [0.05, 0.1) is 13.2 Å². The lowest BCUT2D eigenvalue weighted by Gasteiger charge is -2.47. The maximum absolute atomic E-state index is 11.1. The smallest absolute Gasteiger partial charge is 0.188 e. The third-order valence-corrected chi connectivity index (χ3v) is 6.79. The van der Waals surface area contributed by atoms with Gasteiger partial charge in [-0.2, -0.15) is 0 Å². The van der Waals surface area contributed by atoms with Crippen molar-refractivity contribution in [1.82, 2.24) is 0 Å². The summed E-state index contributed by atoms with van der Waals surface area (Å²) in [7, 11) is 0. The number of rotatable bonds is 9. The van der Waals surface area contributed by atoms with Crippen LogP contribution in [0.1, 0.15) is 37.5 Å². The molecule has 0 amide bonds. The molecule has 3 N–H and O–H groups in total. The van der Waals surface area contributed by atoms with E-state index in [4.69, 9.17) is 14.2 Å². The Hall–Kier alpha value is -2.58. The number of aliphatic hydroxyl groups is 3. The van der Waals surface area contributed by atoms with Gasteiger partial charge in [-0.1, -0.05) is 112 Å². The van der Waals surface area contributed by atoms with Gasteiger partial charge >= 0.3 is 0 Å². The van der Waals surface area contributed by atoms with E-state index in [0.29, 0.717) is 0 Å². The van der Waals surface area contributed by atoms with Crippen molar-refractivity contribution in [3.05, 3.63) is 108 Å². The average Bonchev–Trinajstić information content (AvgIpc) is 3.21. The summed E-state index contributed by atoms with van der Waals surface area (Å²) >= 11 is 0. The molecule has 0 radical (unpaired) electrons. The van der Waals surface area contributed by atoms with E-state index in [0.717, 1.165) is 16.7 Å². The molecular formula is C30H36O6. The van der Waals surface area contributed by atoms with E-state index in [2.05, 4.69) is 20.8 Å². The van der Waals surface area contributed by atoms with Crippen LogP contribution in [0.25, 0.3) is 0 Å².